The predicted octanol–water partition coefficient (Wildman–Crippen LogP) is 4.82. The fourth-order valence-electron chi connectivity index (χ4n) is 2.20. The van der Waals surface area contributed by atoms with E-state index in [0.29, 0.717) is 0 Å². The summed E-state index contributed by atoms with van der Waals surface area (Å²) in [4.78, 5) is 11.7. The van der Waals surface area contributed by atoms with Gasteiger partial charge in [-0.05, 0) is 52.3 Å². The molecule has 0 aliphatic carbocycles. The third kappa shape index (κ3) is 3.77. The highest BCUT2D eigenvalue weighted by atomic mass is 32.1. The number of carboxylic acid groups (broad SMARTS) is 1. The molecule has 22 heavy (non-hydrogen) atoms. The SMILES string of the molecule is COc1ccc(-c2cc(C=CC(=O)O)cs2)cc1C(C)(C)C. The Bertz CT molecular complexity index is 705. The van der Waals surface area contributed by atoms with Crippen LogP contribution in [0.5, 0.6) is 5.75 Å². The van der Waals surface area contributed by atoms with Crippen molar-refractivity contribution in [3.8, 4) is 16.2 Å². The van der Waals surface area contributed by atoms with Crippen molar-refractivity contribution >= 4 is 23.4 Å². The van der Waals surface area contributed by atoms with Crippen LogP contribution in [-0.2, 0) is 10.2 Å². The number of carbonyl (C=O) groups is 1. The number of benzene rings is 1. The van der Waals surface area contributed by atoms with Gasteiger partial charge in [0.15, 0.2) is 0 Å². The summed E-state index contributed by atoms with van der Waals surface area (Å²) in [7, 11) is 1.68. The standard InChI is InChI=1S/C18H20O3S/c1-18(2,3)14-10-13(6-7-15(14)21-4)16-9-12(11-22-16)5-8-17(19)20/h5-11H,1-4H3,(H,19,20). The maximum atomic E-state index is 10.6. The van der Waals surface area contributed by atoms with E-state index >= 15 is 0 Å². The maximum absolute atomic E-state index is 10.6. The highest BCUT2D eigenvalue weighted by molar-refractivity contribution is 7.13. The molecule has 0 aliphatic rings. The molecule has 116 valence electrons. The summed E-state index contributed by atoms with van der Waals surface area (Å²) in [6.07, 6.45) is 2.76. The third-order valence-corrected chi connectivity index (χ3v) is 4.33. The van der Waals surface area contributed by atoms with E-state index in [0.717, 1.165) is 33.4 Å². The molecule has 3 nitrogen and oxygen atoms in total. The first-order valence-electron chi connectivity index (χ1n) is 6.99. The van der Waals surface area contributed by atoms with Crippen LogP contribution in [0, 0.1) is 0 Å². The van der Waals surface area contributed by atoms with Gasteiger partial charge in [-0.15, -0.1) is 11.3 Å². The van der Waals surface area contributed by atoms with Crippen molar-refractivity contribution in [2.75, 3.05) is 7.11 Å². The normalized spacial score (nSPS) is 11.8. The average molecular weight is 316 g/mol. The number of aliphatic carboxylic acids is 1. The zero-order valence-corrected chi connectivity index (χ0v) is 14.0. The van der Waals surface area contributed by atoms with Crippen molar-refractivity contribution in [3.63, 3.8) is 0 Å². The second-order valence-corrected chi connectivity index (χ2v) is 6.99. The van der Waals surface area contributed by atoms with Crippen LogP contribution in [0.1, 0.15) is 31.9 Å². The molecule has 0 unspecified atom stereocenters. The fraction of sp³-hybridized carbons (Fsp3) is 0.278. The lowest BCUT2D eigenvalue weighted by Crippen LogP contribution is -2.12. The Kier molecular flexibility index (Phi) is 4.71. The van der Waals surface area contributed by atoms with Gasteiger partial charge < -0.3 is 9.84 Å². The summed E-state index contributed by atoms with van der Waals surface area (Å²) in [5.41, 5.74) is 3.16. The highest BCUT2D eigenvalue weighted by Gasteiger charge is 2.19. The number of rotatable bonds is 4. The maximum Gasteiger partial charge on any atom is 0.328 e. The Hall–Kier alpha value is -2.07. The minimum atomic E-state index is -0.938. The zero-order valence-electron chi connectivity index (χ0n) is 13.2. The van der Waals surface area contributed by atoms with Gasteiger partial charge >= 0.3 is 5.97 Å². The molecular weight excluding hydrogens is 296 g/mol. The summed E-state index contributed by atoms with van der Waals surface area (Å²) in [5, 5.41) is 10.6. The molecule has 0 atom stereocenters. The van der Waals surface area contributed by atoms with E-state index in [4.69, 9.17) is 9.84 Å². The van der Waals surface area contributed by atoms with Crippen LogP contribution < -0.4 is 4.74 Å². The average Bonchev–Trinajstić information content (AvgIpc) is 2.92. The number of methoxy groups -OCH3 is 1. The van der Waals surface area contributed by atoms with E-state index in [9.17, 15) is 4.79 Å². The van der Waals surface area contributed by atoms with Crippen molar-refractivity contribution in [1.82, 2.24) is 0 Å². The summed E-state index contributed by atoms with van der Waals surface area (Å²) in [5.74, 6) is -0.0500. The van der Waals surface area contributed by atoms with Crippen LogP contribution in [0.2, 0.25) is 0 Å². The molecule has 1 heterocycles. The minimum Gasteiger partial charge on any atom is -0.496 e. The third-order valence-electron chi connectivity index (χ3n) is 3.33. The van der Waals surface area contributed by atoms with Crippen molar-refractivity contribution in [3.05, 3.63) is 46.8 Å². The second-order valence-electron chi connectivity index (χ2n) is 6.08. The molecular formula is C18H20O3S. The molecule has 0 spiro atoms. The van der Waals surface area contributed by atoms with Crippen molar-refractivity contribution in [1.29, 1.82) is 0 Å². The smallest absolute Gasteiger partial charge is 0.328 e. The fourth-order valence-corrected chi connectivity index (χ4v) is 3.08. The van der Waals surface area contributed by atoms with Gasteiger partial charge in [-0.3, -0.25) is 0 Å². The van der Waals surface area contributed by atoms with Gasteiger partial charge in [-0.1, -0.05) is 20.8 Å². The van der Waals surface area contributed by atoms with E-state index in [-0.39, 0.29) is 5.41 Å². The lowest BCUT2D eigenvalue weighted by molar-refractivity contribution is -0.131. The van der Waals surface area contributed by atoms with Crippen molar-refractivity contribution in [2.45, 2.75) is 26.2 Å². The molecule has 1 aromatic heterocycles. The van der Waals surface area contributed by atoms with Gasteiger partial charge in [-0.2, -0.15) is 0 Å². The van der Waals surface area contributed by atoms with Crippen LogP contribution in [0.4, 0.5) is 0 Å². The van der Waals surface area contributed by atoms with E-state index in [1.54, 1.807) is 24.5 Å². The van der Waals surface area contributed by atoms with E-state index in [1.807, 2.05) is 23.6 Å². The van der Waals surface area contributed by atoms with E-state index < -0.39 is 5.97 Å². The Morgan fingerprint density at radius 2 is 2.00 bits per heavy atom. The lowest BCUT2D eigenvalue weighted by atomic mass is 9.85. The van der Waals surface area contributed by atoms with Crippen molar-refractivity contribution < 1.29 is 14.6 Å². The van der Waals surface area contributed by atoms with Gasteiger partial charge in [0.1, 0.15) is 5.75 Å². The monoisotopic (exact) mass is 316 g/mol. The predicted molar refractivity (Wildman–Crippen MR) is 91.7 cm³/mol. The van der Waals surface area contributed by atoms with E-state index in [1.165, 1.54) is 0 Å². The van der Waals surface area contributed by atoms with Gasteiger partial charge in [0.05, 0.1) is 7.11 Å². The topological polar surface area (TPSA) is 46.5 Å². The quantitative estimate of drug-likeness (QED) is 0.823. The van der Waals surface area contributed by atoms with Gasteiger partial charge in [0.2, 0.25) is 0 Å². The van der Waals surface area contributed by atoms with Gasteiger partial charge in [-0.25, -0.2) is 4.79 Å². The first kappa shape index (κ1) is 16.3. The first-order chi connectivity index (χ1) is 10.3. The summed E-state index contributed by atoms with van der Waals surface area (Å²) in [6.45, 7) is 6.47. The van der Waals surface area contributed by atoms with Crippen LogP contribution in [0.15, 0.2) is 35.7 Å². The van der Waals surface area contributed by atoms with Crippen LogP contribution in [0.3, 0.4) is 0 Å². The van der Waals surface area contributed by atoms with Crippen LogP contribution in [-0.4, -0.2) is 18.2 Å². The molecule has 1 aromatic carbocycles. The Labute approximate surface area is 134 Å². The van der Waals surface area contributed by atoms with Crippen LogP contribution in [0.25, 0.3) is 16.5 Å². The largest absolute Gasteiger partial charge is 0.496 e. The first-order valence-corrected chi connectivity index (χ1v) is 7.87. The molecule has 0 radical (unpaired) electrons. The molecule has 0 amide bonds. The number of hydrogen-bond donors (Lipinski definition) is 1. The molecule has 0 saturated carbocycles. The zero-order chi connectivity index (χ0) is 16.3. The highest BCUT2D eigenvalue weighted by Crippen LogP contribution is 2.36. The second kappa shape index (κ2) is 6.36. The Balaban J connectivity index is 2.39. The number of ether oxygens (including phenoxy) is 1. The summed E-state index contributed by atoms with van der Waals surface area (Å²) in [6, 6.07) is 8.17. The summed E-state index contributed by atoms with van der Waals surface area (Å²) >= 11 is 1.60. The Morgan fingerprint density at radius 3 is 2.59 bits per heavy atom. The number of carboxylic acids is 1. The lowest BCUT2D eigenvalue weighted by Gasteiger charge is -2.22. The molecule has 0 fully saturated rings. The Morgan fingerprint density at radius 1 is 1.27 bits per heavy atom. The molecule has 4 heteroatoms. The molecule has 2 aromatic rings. The number of hydrogen-bond acceptors (Lipinski definition) is 3. The summed E-state index contributed by atoms with van der Waals surface area (Å²) < 4.78 is 5.46. The molecule has 0 aliphatic heterocycles. The molecule has 2 rings (SSSR count). The molecule has 1 N–H and O–H groups in total. The molecule has 0 bridgehead atoms. The number of thiophene rings is 1. The van der Waals surface area contributed by atoms with Crippen LogP contribution >= 0.6 is 11.3 Å². The molecule has 0 saturated heterocycles. The minimum absolute atomic E-state index is 0.00927. The van der Waals surface area contributed by atoms with E-state index in [2.05, 4.69) is 26.8 Å². The van der Waals surface area contributed by atoms with Crippen molar-refractivity contribution in [2.24, 2.45) is 0 Å². The van der Waals surface area contributed by atoms with Gasteiger partial charge in [0.25, 0.3) is 0 Å². The van der Waals surface area contributed by atoms with Gasteiger partial charge in [0, 0.05) is 16.5 Å².